The van der Waals surface area contributed by atoms with Crippen LogP contribution in [0.2, 0.25) is 0 Å². The molecule has 1 saturated heterocycles. The summed E-state index contributed by atoms with van der Waals surface area (Å²) in [4.78, 5) is 16.5. The number of nitrogens with two attached hydrogens (primary N) is 1. The topological polar surface area (TPSA) is 61.6 Å². The summed E-state index contributed by atoms with van der Waals surface area (Å²) < 4.78 is 0. The Morgan fingerprint density at radius 2 is 1.76 bits per heavy atom. The number of carbonyl (C=O) groups is 1. The first kappa shape index (κ1) is 14.3. The molecule has 1 aliphatic rings. The van der Waals surface area contributed by atoms with Crippen LogP contribution in [0, 0.1) is 0 Å². The second kappa shape index (κ2) is 7.58. The van der Waals surface area contributed by atoms with Crippen LogP contribution in [0.1, 0.15) is 13.3 Å². The van der Waals surface area contributed by atoms with Crippen molar-refractivity contribution in [2.75, 3.05) is 45.8 Å². The fraction of sp³-hybridized carbons (Fsp3) is 0.818. The number of hydrogen-bond donors (Lipinski definition) is 2. The van der Waals surface area contributed by atoms with Crippen LogP contribution in [0.15, 0.2) is 0 Å². The summed E-state index contributed by atoms with van der Waals surface area (Å²) >= 11 is 4.88. The molecule has 0 spiro atoms. The fourth-order valence-electron chi connectivity index (χ4n) is 1.85. The van der Waals surface area contributed by atoms with E-state index in [9.17, 15) is 4.79 Å². The summed E-state index contributed by atoms with van der Waals surface area (Å²) in [5.41, 5.74) is 5.51. The van der Waals surface area contributed by atoms with Crippen LogP contribution >= 0.6 is 12.2 Å². The Kier molecular flexibility index (Phi) is 6.39. The van der Waals surface area contributed by atoms with E-state index in [1.165, 1.54) is 0 Å². The summed E-state index contributed by atoms with van der Waals surface area (Å²) in [5.74, 6) is 0.120. The van der Waals surface area contributed by atoms with Crippen molar-refractivity contribution in [3.63, 3.8) is 0 Å². The third-order valence-electron chi connectivity index (χ3n) is 2.78. The van der Waals surface area contributed by atoms with Gasteiger partial charge in [0.1, 0.15) is 0 Å². The molecule has 1 amide bonds. The van der Waals surface area contributed by atoms with Gasteiger partial charge in [-0.05, 0) is 6.42 Å². The molecule has 0 saturated carbocycles. The number of piperazine rings is 1. The highest BCUT2D eigenvalue weighted by Gasteiger charge is 2.18. The van der Waals surface area contributed by atoms with Crippen LogP contribution in [0.3, 0.4) is 0 Å². The number of thiocarbonyl (C=S) groups is 1. The predicted molar refractivity (Wildman–Crippen MR) is 73.0 cm³/mol. The van der Waals surface area contributed by atoms with Crippen molar-refractivity contribution in [1.29, 1.82) is 0 Å². The summed E-state index contributed by atoms with van der Waals surface area (Å²) in [6, 6.07) is 0. The molecule has 0 radical (unpaired) electrons. The van der Waals surface area contributed by atoms with Gasteiger partial charge in [0, 0.05) is 39.3 Å². The molecule has 98 valence electrons. The van der Waals surface area contributed by atoms with E-state index in [0.717, 1.165) is 39.1 Å². The smallest absolute Gasteiger partial charge is 0.234 e. The zero-order valence-corrected chi connectivity index (χ0v) is 11.3. The molecule has 5 nitrogen and oxygen atoms in total. The minimum absolute atomic E-state index is 0.120. The van der Waals surface area contributed by atoms with Crippen LogP contribution in [0.5, 0.6) is 0 Å². The lowest BCUT2D eigenvalue weighted by Gasteiger charge is -2.33. The molecule has 0 aromatic heterocycles. The Bertz CT molecular complexity index is 264. The minimum Gasteiger partial charge on any atom is -0.392 e. The highest BCUT2D eigenvalue weighted by Crippen LogP contribution is 2.00. The molecular formula is C11H22N4OS. The Hall–Kier alpha value is -0.720. The molecular weight excluding hydrogens is 236 g/mol. The van der Waals surface area contributed by atoms with E-state index >= 15 is 0 Å². The molecule has 1 heterocycles. The van der Waals surface area contributed by atoms with Gasteiger partial charge in [0.05, 0.1) is 11.5 Å². The molecule has 3 N–H and O–H groups in total. The van der Waals surface area contributed by atoms with Gasteiger partial charge >= 0.3 is 0 Å². The highest BCUT2D eigenvalue weighted by molar-refractivity contribution is 7.80. The van der Waals surface area contributed by atoms with Crippen molar-refractivity contribution < 1.29 is 4.79 Å². The van der Waals surface area contributed by atoms with Gasteiger partial charge in [0.15, 0.2) is 0 Å². The highest BCUT2D eigenvalue weighted by atomic mass is 32.1. The first-order valence-electron chi connectivity index (χ1n) is 6.11. The number of hydrogen-bond acceptors (Lipinski definition) is 4. The summed E-state index contributed by atoms with van der Waals surface area (Å²) in [6.07, 6.45) is 0.980. The van der Waals surface area contributed by atoms with Crippen LogP contribution in [-0.2, 0) is 4.79 Å². The summed E-state index contributed by atoms with van der Waals surface area (Å²) in [7, 11) is 0. The molecule has 1 aliphatic heterocycles. The summed E-state index contributed by atoms with van der Waals surface area (Å²) in [5, 5.41) is 2.89. The Balaban J connectivity index is 2.18. The fourth-order valence-corrected chi connectivity index (χ4v) is 2.03. The van der Waals surface area contributed by atoms with Gasteiger partial charge in [-0.15, -0.1) is 0 Å². The Labute approximate surface area is 108 Å². The second-order valence-corrected chi connectivity index (χ2v) is 4.89. The maximum atomic E-state index is 11.5. The van der Waals surface area contributed by atoms with Crippen LogP contribution < -0.4 is 11.1 Å². The Morgan fingerprint density at radius 1 is 1.24 bits per heavy atom. The van der Waals surface area contributed by atoms with Gasteiger partial charge in [-0.3, -0.25) is 14.6 Å². The molecule has 1 fully saturated rings. The van der Waals surface area contributed by atoms with Gasteiger partial charge in [-0.2, -0.15) is 0 Å². The molecule has 0 unspecified atom stereocenters. The number of carbonyl (C=O) groups excluding carboxylic acids is 1. The van der Waals surface area contributed by atoms with Gasteiger partial charge in [0.2, 0.25) is 5.91 Å². The molecule has 1 rings (SSSR count). The van der Waals surface area contributed by atoms with E-state index in [1.807, 2.05) is 0 Å². The minimum atomic E-state index is 0.120. The van der Waals surface area contributed by atoms with E-state index in [4.69, 9.17) is 18.0 Å². The number of rotatable bonds is 6. The van der Waals surface area contributed by atoms with Gasteiger partial charge in [0.25, 0.3) is 0 Å². The van der Waals surface area contributed by atoms with Gasteiger partial charge in [-0.25, -0.2) is 0 Å². The van der Waals surface area contributed by atoms with Crippen molar-refractivity contribution in [2.45, 2.75) is 13.3 Å². The first-order chi connectivity index (χ1) is 8.11. The van der Waals surface area contributed by atoms with E-state index in [2.05, 4.69) is 22.0 Å². The lowest BCUT2D eigenvalue weighted by atomic mass is 10.3. The largest absolute Gasteiger partial charge is 0.392 e. The van der Waals surface area contributed by atoms with Crippen molar-refractivity contribution >= 4 is 23.1 Å². The number of nitrogens with one attached hydrogen (secondary N) is 1. The van der Waals surface area contributed by atoms with Gasteiger partial charge < -0.3 is 11.1 Å². The lowest BCUT2D eigenvalue weighted by molar-refractivity contribution is -0.122. The zero-order chi connectivity index (χ0) is 12.7. The van der Waals surface area contributed by atoms with E-state index in [1.54, 1.807) is 0 Å². The number of nitrogens with zero attached hydrogens (tertiary/aromatic N) is 2. The normalized spacial score (nSPS) is 17.9. The van der Waals surface area contributed by atoms with Crippen molar-refractivity contribution in [1.82, 2.24) is 15.1 Å². The third kappa shape index (κ3) is 5.95. The SMILES string of the molecule is CCCNC(=O)CN1CCN(CC(N)=S)CC1. The van der Waals surface area contributed by atoms with Crippen molar-refractivity contribution in [3.8, 4) is 0 Å². The molecule has 0 aromatic rings. The van der Waals surface area contributed by atoms with Crippen LogP contribution in [0.25, 0.3) is 0 Å². The van der Waals surface area contributed by atoms with Crippen LogP contribution in [0.4, 0.5) is 0 Å². The lowest BCUT2D eigenvalue weighted by Crippen LogP contribution is -2.51. The molecule has 6 heteroatoms. The summed E-state index contributed by atoms with van der Waals surface area (Å²) in [6.45, 7) is 7.67. The van der Waals surface area contributed by atoms with Crippen molar-refractivity contribution in [3.05, 3.63) is 0 Å². The van der Waals surface area contributed by atoms with E-state index < -0.39 is 0 Å². The zero-order valence-electron chi connectivity index (χ0n) is 10.4. The standard InChI is InChI=1S/C11H22N4OS/c1-2-3-13-11(16)9-15-6-4-14(5-7-15)8-10(12)17/h2-9H2,1H3,(H2,12,17)(H,13,16). The molecule has 0 aliphatic carbocycles. The maximum absolute atomic E-state index is 11.5. The molecule has 17 heavy (non-hydrogen) atoms. The first-order valence-corrected chi connectivity index (χ1v) is 6.52. The Morgan fingerprint density at radius 3 is 2.24 bits per heavy atom. The van der Waals surface area contributed by atoms with Crippen molar-refractivity contribution in [2.24, 2.45) is 5.73 Å². The molecule has 0 aromatic carbocycles. The monoisotopic (exact) mass is 258 g/mol. The third-order valence-corrected chi connectivity index (χ3v) is 2.91. The number of amides is 1. The molecule has 0 atom stereocenters. The van der Waals surface area contributed by atoms with E-state index in [0.29, 0.717) is 18.1 Å². The quantitative estimate of drug-likeness (QED) is 0.624. The van der Waals surface area contributed by atoms with Crippen LogP contribution in [-0.4, -0.2) is 66.5 Å². The molecule has 0 bridgehead atoms. The average molecular weight is 258 g/mol. The maximum Gasteiger partial charge on any atom is 0.234 e. The van der Waals surface area contributed by atoms with E-state index in [-0.39, 0.29) is 5.91 Å². The predicted octanol–water partition coefficient (Wildman–Crippen LogP) is -0.584. The average Bonchev–Trinajstić information content (AvgIpc) is 2.28. The van der Waals surface area contributed by atoms with Gasteiger partial charge in [-0.1, -0.05) is 19.1 Å². The second-order valence-electron chi connectivity index (χ2n) is 4.37.